The van der Waals surface area contributed by atoms with Crippen LogP contribution in [-0.2, 0) is 0 Å². The largest absolute Gasteiger partial charge is 0.416 e. The summed E-state index contributed by atoms with van der Waals surface area (Å²) < 4.78 is 6.20. The first-order valence-corrected chi connectivity index (χ1v) is 17.0. The molecule has 0 bridgehead atoms. The topological polar surface area (TPSA) is 38.9 Å². The van der Waals surface area contributed by atoms with Crippen molar-refractivity contribution in [3.8, 4) is 33.5 Å². The fourth-order valence-electron chi connectivity index (χ4n) is 6.36. The molecule has 0 aliphatic heterocycles. The number of hydrogen-bond acceptors (Lipinski definition) is 3. The first-order valence-electron chi connectivity index (χ1n) is 14.3. The Labute approximate surface area is 250 Å². The number of benzene rings is 6. The SMILES string of the molecule is c1ccc2c(c1)c1ccccc1p2-c1ccc(-c2nnc(-c3ccc(-p4c5ccccc5c5ccccc54)cc3)o2)cc1. The van der Waals surface area contributed by atoms with Gasteiger partial charge in [-0.3, -0.25) is 0 Å². The molecule has 9 rings (SSSR count). The molecule has 0 aliphatic carbocycles. The Morgan fingerprint density at radius 3 is 0.977 bits per heavy atom. The average molecular weight is 587 g/mol. The van der Waals surface area contributed by atoms with E-state index in [9.17, 15) is 0 Å². The van der Waals surface area contributed by atoms with Crippen molar-refractivity contribution in [2.75, 3.05) is 0 Å². The number of hydrogen-bond donors (Lipinski definition) is 0. The smallest absolute Gasteiger partial charge is 0.248 e. The normalized spacial score (nSPS) is 11.7. The van der Waals surface area contributed by atoms with Crippen molar-refractivity contribution in [2.45, 2.75) is 0 Å². The fraction of sp³-hybridized carbons (Fsp3) is 0. The third-order valence-electron chi connectivity index (χ3n) is 8.33. The van der Waals surface area contributed by atoms with Gasteiger partial charge in [0.1, 0.15) is 0 Å². The molecule has 0 radical (unpaired) electrons. The molecule has 0 unspecified atom stereocenters. The fourth-order valence-corrected chi connectivity index (χ4v) is 11.6. The third-order valence-corrected chi connectivity index (χ3v) is 13.4. The van der Waals surface area contributed by atoms with Gasteiger partial charge >= 0.3 is 0 Å². The van der Waals surface area contributed by atoms with Crippen LogP contribution < -0.4 is 0 Å². The Hall–Kier alpha value is -4.94. The second-order valence-corrected chi connectivity index (χ2v) is 15.0. The van der Waals surface area contributed by atoms with E-state index in [0.29, 0.717) is 11.8 Å². The molecule has 0 aliphatic rings. The number of rotatable bonds is 4. The summed E-state index contributed by atoms with van der Waals surface area (Å²) in [5.74, 6) is 1.07. The van der Waals surface area contributed by atoms with Crippen LogP contribution in [0.1, 0.15) is 0 Å². The maximum absolute atomic E-state index is 6.20. The summed E-state index contributed by atoms with van der Waals surface area (Å²) in [6.45, 7) is 0. The van der Waals surface area contributed by atoms with E-state index < -0.39 is 15.1 Å². The molecule has 0 N–H and O–H groups in total. The van der Waals surface area contributed by atoms with Crippen LogP contribution in [0.5, 0.6) is 0 Å². The molecule has 0 saturated carbocycles. The van der Waals surface area contributed by atoms with Gasteiger partial charge in [0.25, 0.3) is 0 Å². The van der Waals surface area contributed by atoms with Gasteiger partial charge < -0.3 is 4.42 Å². The molecular weight excluding hydrogens is 562 g/mol. The second kappa shape index (κ2) is 9.82. The van der Waals surface area contributed by atoms with Crippen LogP contribution in [0, 0.1) is 0 Å². The van der Waals surface area contributed by atoms with Crippen LogP contribution in [0.4, 0.5) is 0 Å². The maximum Gasteiger partial charge on any atom is 0.248 e. The van der Waals surface area contributed by atoms with Crippen LogP contribution in [-0.4, -0.2) is 10.2 Å². The molecule has 3 nitrogen and oxygen atoms in total. The molecule has 3 heterocycles. The highest BCUT2D eigenvalue weighted by atomic mass is 31.1. The molecule has 0 spiro atoms. The molecule has 43 heavy (non-hydrogen) atoms. The Morgan fingerprint density at radius 1 is 0.349 bits per heavy atom. The monoisotopic (exact) mass is 586 g/mol. The van der Waals surface area contributed by atoms with Crippen LogP contribution in [0.25, 0.3) is 75.5 Å². The number of fused-ring (bicyclic) bond motifs is 6. The first kappa shape index (κ1) is 24.6. The third kappa shape index (κ3) is 3.90. The zero-order valence-electron chi connectivity index (χ0n) is 23.1. The van der Waals surface area contributed by atoms with Gasteiger partial charge in [0.15, 0.2) is 0 Å². The van der Waals surface area contributed by atoms with E-state index in [2.05, 4.69) is 156 Å². The predicted octanol–water partition coefficient (Wildman–Crippen LogP) is 12.0. The van der Waals surface area contributed by atoms with Crippen LogP contribution >= 0.6 is 15.1 Å². The van der Waals surface area contributed by atoms with E-state index in [1.165, 1.54) is 52.6 Å². The molecular formula is C38H24N2OP2. The highest BCUT2D eigenvalue weighted by Gasteiger charge is 2.16. The van der Waals surface area contributed by atoms with Gasteiger partial charge in [0.05, 0.1) is 0 Å². The van der Waals surface area contributed by atoms with E-state index >= 15 is 0 Å². The molecule has 9 aromatic rings. The molecule has 5 heteroatoms. The van der Waals surface area contributed by atoms with E-state index in [0.717, 1.165) is 11.1 Å². The summed E-state index contributed by atoms with van der Waals surface area (Å²) in [7, 11) is -1.18. The van der Waals surface area contributed by atoms with Gasteiger partial charge in [-0.25, -0.2) is 0 Å². The first-order chi connectivity index (χ1) is 21.3. The summed E-state index contributed by atoms with van der Waals surface area (Å²) in [6, 6.07) is 52.5. The van der Waals surface area contributed by atoms with Crippen molar-refractivity contribution < 1.29 is 4.42 Å². The van der Waals surface area contributed by atoms with Gasteiger partial charge in [-0.05, 0) is 80.7 Å². The molecule has 202 valence electrons. The van der Waals surface area contributed by atoms with Crippen LogP contribution in [0.15, 0.2) is 150 Å². The lowest BCUT2D eigenvalue weighted by Gasteiger charge is -2.05. The Bertz CT molecular complexity index is 2170. The lowest BCUT2D eigenvalue weighted by molar-refractivity contribution is 0.584. The number of aromatic nitrogens is 2. The maximum atomic E-state index is 6.20. The average Bonchev–Trinajstić information content (AvgIpc) is 3.78. The zero-order valence-corrected chi connectivity index (χ0v) is 24.8. The van der Waals surface area contributed by atoms with E-state index in [1.54, 1.807) is 0 Å². The molecule has 0 atom stereocenters. The van der Waals surface area contributed by atoms with Crippen molar-refractivity contribution >= 4 is 57.1 Å². The summed E-state index contributed by atoms with van der Waals surface area (Å²) in [6.07, 6.45) is 0. The molecule has 0 amide bonds. The highest BCUT2D eigenvalue weighted by Crippen LogP contribution is 2.56. The van der Waals surface area contributed by atoms with Gasteiger partial charge in [-0.2, -0.15) is 0 Å². The van der Waals surface area contributed by atoms with Crippen molar-refractivity contribution in [1.82, 2.24) is 10.2 Å². The number of nitrogens with zero attached hydrogens (tertiary/aromatic N) is 2. The van der Waals surface area contributed by atoms with Crippen molar-refractivity contribution in [1.29, 1.82) is 0 Å². The Morgan fingerprint density at radius 2 is 0.651 bits per heavy atom. The predicted molar refractivity (Wildman–Crippen MR) is 183 cm³/mol. The van der Waals surface area contributed by atoms with Gasteiger partial charge in [0, 0.05) is 31.6 Å². The van der Waals surface area contributed by atoms with Gasteiger partial charge in [-0.1, -0.05) is 112 Å². The Kier molecular flexibility index (Phi) is 5.63. The minimum Gasteiger partial charge on any atom is -0.416 e. The Balaban J connectivity index is 1.04. The van der Waals surface area contributed by atoms with Gasteiger partial charge in [-0.15, -0.1) is 10.2 Å². The van der Waals surface area contributed by atoms with E-state index in [4.69, 9.17) is 4.42 Å². The molecule has 6 aromatic carbocycles. The summed E-state index contributed by atoms with van der Waals surface area (Å²) >= 11 is 0. The highest BCUT2D eigenvalue weighted by molar-refractivity contribution is 7.68. The summed E-state index contributed by atoms with van der Waals surface area (Å²) in [5.41, 5.74) is 1.86. The molecule has 0 fully saturated rings. The molecule has 3 aromatic heterocycles. The lowest BCUT2D eigenvalue weighted by Crippen LogP contribution is -1.78. The summed E-state index contributed by atoms with van der Waals surface area (Å²) in [5, 5.41) is 22.5. The van der Waals surface area contributed by atoms with Crippen LogP contribution in [0.2, 0.25) is 0 Å². The second-order valence-electron chi connectivity index (χ2n) is 10.7. The van der Waals surface area contributed by atoms with E-state index in [-0.39, 0.29) is 0 Å². The van der Waals surface area contributed by atoms with Crippen LogP contribution in [0.3, 0.4) is 0 Å². The zero-order chi connectivity index (χ0) is 28.3. The van der Waals surface area contributed by atoms with Crippen molar-refractivity contribution in [3.05, 3.63) is 146 Å². The lowest BCUT2D eigenvalue weighted by atomic mass is 10.2. The minimum absolute atomic E-state index is 0.536. The van der Waals surface area contributed by atoms with Crippen molar-refractivity contribution in [2.24, 2.45) is 0 Å². The minimum atomic E-state index is -0.589. The summed E-state index contributed by atoms with van der Waals surface area (Å²) in [4.78, 5) is 0. The quantitative estimate of drug-likeness (QED) is 0.206. The van der Waals surface area contributed by atoms with Crippen molar-refractivity contribution in [3.63, 3.8) is 0 Å². The standard InChI is InChI=1S/C38H24N2OP2/c1-5-13-33-29(9-1)30-10-2-6-14-34(30)42(33)27-21-17-25(18-22-27)37-39-40-38(41-37)26-19-23-28(24-20-26)43-35-15-7-3-11-31(35)32-12-4-8-16-36(32)43/h1-24H. The van der Waals surface area contributed by atoms with E-state index in [1.807, 2.05) is 0 Å². The van der Waals surface area contributed by atoms with Gasteiger partial charge in [0.2, 0.25) is 11.8 Å². The molecule has 0 saturated heterocycles.